The van der Waals surface area contributed by atoms with Gasteiger partial charge in [0.2, 0.25) is 0 Å². The van der Waals surface area contributed by atoms with Gasteiger partial charge in [0.1, 0.15) is 5.75 Å². The zero-order chi connectivity index (χ0) is 13.4. The molecular formula is C16H27NO. The van der Waals surface area contributed by atoms with Gasteiger partial charge in [0.25, 0.3) is 0 Å². The van der Waals surface area contributed by atoms with Crippen LogP contribution >= 0.6 is 0 Å². The fraction of sp³-hybridized carbons (Fsp3) is 0.625. The van der Waals surface area contributed by atoms with E-state index in [0.29, 0.717) is 0 Å². The van der Waals surface area contributed by atoms with Gasteiger partial charge in [-0.2, -0.15) is 0 Å². The van der Waals surface area contributed by atoms with Crippen LogP contribution < -0.4 is 10.5 Å². The third-order valence-electron chi connectivity index (χ3n) is 3.20. The highest BCUT2D eigenvalue weighted by atomic mass is 16.5. The Morgan fingerprint density at radius 3 is 2.50 bits per heavy atom. The molecule has 1 aromatic rings. The minimum atomic E-state index is 0.0218. The lowest BCUT2D eigenvalue weighted by Gasteiger charge is -2.18. The molecule has 0 heterocycles. The van der Waals surface area contributed by atoms with Crippen molar-refractivity contribution in [3.8, 4) is 5.75 Å². The molecule has 0 amide bonds. The van der Waals surface area contributed by atoms with Crippen molar-refractivity contribution in [1.29, 1.82) is 0 Å². The highest BCUT2D eigenvalue weighted by Gasteiger charge is 2.10. The Balaban J connectivity index is 2.46. The largest absolute Gasteiger partial charge is 0.490 e. The number of ether oxygens (including phenoxy) is 1. The van der Waals surface area contributed by atoms with Gasteiger partial charge < -0.3 is 10.5 Å². The van der Waals surface area contributed by atoms with Crippen molar-refractivity contribution in [3.05, 3.63) is 29.8 Å². The first-order valence-corrected chi connectivity index (χ1v) is 7.16. The quantitative estimate of drug-likeness (QED) is 0.691. The first-order valence-electron chi connectivity index (χ1n) is 7.16. The maximum Gasteiger partial charge on any atom is 0.124 e. The van der Waals surface area contributed by atoms with Crippen molar-refractivity contribution in [2.75, 3.05) is 0 Å². The van der Waals surface area contributed by atoms with E-state index < -0.39 is 0 Å². The zero-order valence-electron chi connectivity index (χ0n) is 12.0. The number of hydrogen-bond acceptors (Lipinski definition) is 2. The number of unbranched alkanes of at least 4 members (excludes halogenated alkanes) is 3. The van der Waals surface area contributed by atoms with Gasteiger partial charge in [-0.1, -0.05) is 44.4 Å². The lowest BCUT2D eigenvalue weighted by atomic mass is 10.1. The van der Waals surface area contributed by atoms with Gasteiger partial charge in [0.05, 0.1) is 6.10 Å². The monoisotopic (exact) mass is 249 g/mol. The summed E-state index contributed by atoms with van der Waals surface area (Å²) < 4.78 is 6.01. The maximum atomic E-state index is 6.01. The molecule has 0 radical (unpaired) electrons. The lowest BCUT2D eigenvalue weighted by Crippen LogP contribution is -2.15. The minimum absolute atomic E-state index is 0.0218. The van der Waals surface area contributed by atoms with E-state index in [1.807, 2.05) is 31.2 Å². The molecule has 18 heavy (non-hydrogen) atoms. The predicted molar refractivity (Wildman–Crippen MR) is 77.9 cm³/mol. The maximum absolute atomic E-state index is 6.01. The second-order valence-corrected chi connectivity index (χ2v) is 5.10. The minimum Gasteiger partial charge on any atom is -0.490 e. The van der Waals surface area contributed by atoms with E-state index in [-0.39, 0.29) is 12.1 Å². The predicted octanol–water partition coefficient (Wildman–Crippen LogP) is 4.44. The summed E-state index contributed by atoms with van der Waals surface area (Å²) in [5.41, 5.74) is 7.05. The summed E-state index contributed by atoms with van der Waals surface area (Å²) in [5.74, 6) is 0.940. The molecule has 2 atom stereocenters. The van der Waals surface area contributed by atoms with Crippen molar-refractivity contribution in [2.24, 2.45) is 5.73 Å². The van der Waals surface area contributed by atoms with Gasteiger partial charge in [0.15, 0.2) is 0 Å². The highest BCUT2D eigenvalue weighted by molar-refractivity contribution is 5.35. The van der Waals surface area contributed by atoms with E-state index in [9.17, 15) is 0 Å². The second-order valence-electron chi connectivity index (χ2n) is 5.10. The summed E-state index contributed by atoms with van der Waals surface area (Å²) in [6, 6.07) is 8.10. The molecule has 1 unspecified atom stereocenters. The van der Waals surface area contributed by atoms with Gasteiger partial charge in [-0.15, -0.1) is 0 Å². The van der Waals surface area contributed by atoms with Crippen LogP contribution in [0.5, 0.6) is 5.75 Å². The molecule has 0 aromatic heterocycles. The van der Waals surface area contributed by atoms with E-state index >= 15 is 0 Å². The molecule has 0 aliphatic carbocycles. The molecule has 2 N–H and O–H groups in total. The van der Waals surface area contributed by atoms with Crippen molar-refractivity contribution >= 4 is 0 Å². The van der Waals surface area contributed by atoms with Crippen LogP contribution in [-0.4, -0.2) is 6.10 Å². The Morgan fingerprint density at radius 1 is 1.11 bits per heavy atom. The summed E-state index contributed by atoms with van der Waals surface area (Å²) in [4.78, 5) is 0. The van der Waals surface area contributed by atoms with Crippen LogP contribution in [-0.2, 0) is 0 Å². The molecule has 0 bridgehead atoms. The Labute approximate surface area is 112 Å². The van der Waals surface area contributed by atoms with E-state index in [2.05, 4.69) is 13.8 Å². The van der Waals surface area contributed by atoms with Crippen molar-refractivity contribution in [3.63, 3.8) is 0 Å². The Bertz CT molecular complexity index is 336. The molecule has 1 rings (SSSR count). The van der Waals surface area contributed by atoms with Crippen LogP contribution in [0.2, 0.25) is 0 Å². The summed E-state index contributed by atoms with van der Waals surface area (Å²) in [5, 5.41) is 0. The van der Waals surface area contributed by atoms with E-state index in [1.165, 1.54) is 25.7 Å². The molecule has 0 aliphatic heterocycles. The molecule has 0 aliphatic rings. The summed E-state index contributed by atoms with van der Waals surface area (Å²) in [7, 11) is 0. The Kier molecular flexibility index (Phi) is 6.81. The fourth-order valence-electron chi connectivity index (χ4n) is 2.10. The molecule has 0 fully saturated rings. The fourth-order valence-corrected chi connectivity index (χ4v) is 2.10. The third-order valence-corrected chi connectivity index (χ3v) is 3.20. The standard InChI is InChI=1S/C16H27NO/c1-4-5-6-7-10-13(2)18-16-12-9-8-11-15(16)14(3)17/h8-9,11-14H,4-7,10,17H2,1-3H3/t13?,14-/m0/s1. The van der Waals surface area contributed by atoms with Gasteiger partial charge in [-0.3, -0.25) is 0 Å². The third kappa shape index (κ3) is 5.09. The van der Waals surface area contributed by atoms with Crippen molar-refractivity contribution in [1.82, 2.24) is 0 Å². The second kappa shape index (κ2) is 8.15. The van der Waals surface area contributed by atoms with Gasteiger partial charge >= 0.3 is 0 Å². The highest BCUT2D eigenvalue weighted by Crippen LogP contribution is 2.25. The average Bonchev–Trinajstić information content (AvgIpc) is 2.35. The topological polar surface area (TPSA) is 35.2 Å². The van der Waals surface area contributed by atoms with Gasteiger partial charge in [0, 0.05) is 11.6 Å². The van der Waals surface area contributed by atoms with E-state index in [4.69, 9.17) is 10.5 Å². The van der Waals surface area contributed by atoms with Crippen LogP contribution in [0.25, 0.3) is 0 Å². The first kappa shape index (κ1) is 15.0. The lowest BCUT2D eigenvalue weighted by molar-refractivity contribution is 0.203. The van der Waals surface area contributed by atoms with Crippen molar-refractivity contribution in [2.45, 2.75) is 65.0 Å². The SMILES string of the molecule is CCCCCCC(C)Oc1ccccc1[C@H](C)N. The average molecular weight is 249 g/mol. The Hall–Kier alpha value is -1.02. The van der Waals surface area contributed by atoms with Crippen LogP contribution in [0.1, 0.15) is 64.5 Å². The smallest absolute Gasteiger partial charge is 0.124 e. The molecule has 0 saturated heterocycles. The molecule has 102 valence electrons. The van der Waals surface area contributed by atoms with E-state index in [1.54, 1.807) is 0 Å². The number of para-hydroxylation sites is 1. The van der Waals surface area contributed by atoms with Gasteiger partial charge in [-0.05, 0) is 32.8 Å². The Morgan fingerprint density at radius 2 is 1.83 bits per heavy atom. The van der Waals surface area contributed by atoms with Crippen LogP contribution in [0.3, 0.4) is 0 Å². The number of hydrogen-bond donors (Lipinski definition) is 1. The van der Waals surface area contributed by atoms with Crippen molar-refractivity contribution < 1.29 is 4.74 Å². The summed E-state index contributed by atoms with van der Waals surface area (Å²) in [6.45, 7) is 6.37. The van der Waals surface area contributed by atoms with Crippen LogP contribution in [0.4, 0.5) is 0 Å². The van der Waals surface area contributed by atoms with Crippen LogP contribution in [0, 0.1) is 0 Å². The molecule has 0 spiro atoms. The number of rotatable bonds is 8. The molecule has 1 aromatic carbocycles. The molecule has 2 heteroatoms. The first-order chi connectivity index (χ1) is 8.65. The summed E-state index contributed by atoms with van der Waals surface area (Å²) in [6.07, 6.45) is 6.54. The summed E-state index contributed by atoms with van der Waals surface area (Å²) >= 11 is 0. The molecule has 0 saturated carbocycles. The molecular weight excluding hydrogens is 222 g/mol. The van der Waals surface area contributed by atoms with Gasteiger partial charge in [-0.25, -0.2) is 0 Å². The zero-order valence-corrected chi connectivity index (χ0v) is 12.0. The normalized spacial score (nSPS) is 14.2. The molecule has 2 nitrogen and oxygen atoms in total. The number of nitrogens with two attached hydrogens (primary N) is 1. The number of benzene rings is 1. The van der Waals surface area contributed by atoms with E-state index in [0.717, 1.165) is 17.7 Å². The van der Waals surface area contributed by atoms with Crippen LogP contribution in [0.15, 0.2) is 24.3 Å².